The molecule has 1 atom stereocenters. The van der Waals surface area contributed by atoms with Crippen LogP contribution in [0.2, 0.25) is 0 Å². The molecule has 1 aliphatic rings. The molecule has 84 valence electrons. The van der Waals surface area contributed by atoms with Crippen LogP contribution in [0.4, 0.5) is 0 Å². The quantitative estimate of drug-likeness (QED) is 0.758. The second kappa shape index (κ2) is 3.71. The van der Waals surface area contributed by atoms with Gasteiger partial charge in [0.05, 0.1) is 22.2 Å². The summed E-state index contributed by atoms with van der Waals surface area (Å²) in [5, 5.41) is 9.90. The summed E-state index contributed by atoms with van der Waals surface area (Å²) in [4.78, 5) is 15.1. The van der Waals surface area contributed by atoms with Crippen LogP contribution in [0.5, 0.6) is 0 Å². The summed E-state index contributed by atoms with van der Waals surface area (Å²) in [7, 11) is 0. The topological polar surface area (TPSA) is 56.6 Å². The average molecular weight is 289 g/mol. The van der Waals surface area contributed by atoms with Crippen molar-refractivity contribution in [3.05, 3.63) is 35.0 Å². The van der Waals surface area contributed by atoms with E-state index in [1.54, 1.807) is 6.07 Å². The number of hydrogen-bond acceptors (Lipinski definition) is 2. The van der Waals surface area contributed by atoms with E-state index < -0.39 is 0 Å². The summed E-state index contributed by atoms with van der Waals surface area (Å²) >= 11 is 3.39. The fourth-order valence-electron chi connectivity index (χ4n) is 2.35. The predicted octanol–water partition coefficient (Wildman–Crippen LogP) is 2.93. The maximum atomic E-state index is 12.0. The van der Waals surface area contributed by atoms with Crippen LogP contribution in [0.25, 0.3) is 10.9 Å². The lowest BCUT2D eigenvalue weighted by molar-refractivity contribution is 0.0977. The predicted molar refractivity (Wildman–Crippen MR) is 68.4 cm³/mol. The first-order valence-corrected chi connectivity index (χ1v) is 6.35. The van der Waals surface area contributed by atoms with Gasteiger partial charge in [0.2, 0.25) is 0 Å². The van der Waals surface area contributed by atoms with Crippen LogP contribution in [0.3, 0.4) is 0 Å². The number of rotatable bonds is 0. The van der Waals surface area contributed by atoms with Crippen molar-refractivity contribution in [2.24, 2.45) is 0 Å². The number of aromatic amines is 1. The van der Waals surface area contributed by atoms with Crippen LogP contribution >= 0.6 is 15.9 Å². The van der Waals surface area contributed by atoms with Crippen LogP contribution in [-0.2, 0) is 6.42 Å². The van der Waals surface area contributed by atoms with Crippen molar-refractivity contribution in [3.63, 3.8) is 0 Å². The van der Waals surface area contributed by atoms with E-state index in [2.05, 4.69) is 27.0 Å². The van der Waals surface area contributed by atoms with Crippen molar-refractivity contribution in [1.29, 1.82) is 5.26 Å². The Hall–Kier alpha value is -1.60. The number of halogens is 1. The first-order chi connectivity index (χ1) is 8.20. The zero-order valence-corrected chi connectivity index (χ0v) is 10.5. The van der Waals surface area contributed by atoms with Gasteiger partial charge < -0.3 is 4.98 Å². The van der Waals surface area contributed by atoms with Gasteiger partial charge in [-0.2, -0.15) is 5.26 Å². The van der Waals surface area contributed by atoms with E-state index in [0.29, 0.717) is 11.3 Å². The molecule has 0 bridgehead atoms. The number of aromatic nitrogens is 1. The summed E-state index contributed by atoms with van der Waals surface area (Å²) in [6, 6.07) is 7.61. The van der Waals surface area contributed by atoms with Crippen molar-refractivity contribution in [2.45, 2.75) is 17.7 Å². The smallest absolute Gasteiger partial charge is 0.192 e. The third kappa shape index (κ3) is 1.50. The maximum absolute atomic E-state index is 12.0. The molecule has 0 saturated carbocycles. The molecular formula is C13H9BrN2O. The van der Waals surface area contributed by atoms with Crippen molar-refractivity contribution in [3.8, 4) is 6.07 Å². The Balaban J connectivity index is 2.29. The number of hydrogen-bond donors (Lipinski definition) is 1. The molecular weight excluding hydrogens is 280 g/mol. The van der Waals surface area contributed by atoms with Crippen molar-refractivity contribution in [1.82, 2.24) is 4.98 Å². The molecule has 3 nitrogen and oxygen atoms in total. The number of H-pyrrole nitrogens is 1. The Labute approximate surface area is 107 Å². The van der Waals surface area contributed by atoms with Gasteiger partial charge in [-0.15, -0.1) is 0 Å². The van der Waals surface area contributed by atoms with Crippen LogP contribution in [0.15, 0.2) is 18.2 Å². The molecule has 4 heteroatoms. The second-order valence-corrected chi connectivity index (χ2v) is 5.33. The highest BCUT2D eigenvalue weighted by molar-refractivity contribution is 9.10. The zero-order valence-electron chi connectivity index (χ0n) is 8.96. The van der Waals surface area contributed by atoms with Crippen molar-refractivity contribution in [2.75, 3.05) is 0 Å². The lowest BCUT2D eigenvalue weighted by atomic mass is 9.94. The fourth-order valence-corrected chi connectivity index (χ4v) is 2.80. The molecule has 1 unspecified atom stereocenters. The summed E-state index contributed by atoms with van der Waals surface area (Å²) in [6.45, 7) is 0. The van der Waals surface area contributed by atoms with E-state index in [1.165, 1.54) is 0 Å². The molecule has 0 radical (unpaired) electrons. The Morgan fingerprint density at radius 3 is 3.06 bits per heavy atom. The van der Waals surface area contributed by atoms with E-state index in [9.17, 15) is 4.79 Å². The zero-order chi connectivity index (χ0) is 12.0. The van der Waals surface area contributed by atoms with Gasteiger partial charge in [-0.05, 0) is 36.6 Å². The van der Waals surface area contributed by atoms with Gasteiger partial charge in [-0.25, -0.2) is 0 Å². The van der Waals surface area contributed by atoms with E-state index in [-0.39, 0.29) is 10.6 Å². The van der Waals surface area contributed by atoms with E-state index in [1.807, 2.05) is 12.1 Å². The molecule has 1 N–H and O–H groups in total. The van der Waals surface area contributed by atoms with Crippen LogP contribution in [-0.4, -0.2) is 15.6 Å². The second-order valence-electron chi connectivity index (χ2n) is 4.22. The first kappa shape index (κ1) is 10.5. The third-order valence-electron chi connectivity index (χ3n) is 3.21. The van der Waals surface area contributed by atoms with Crippen LogP contribution < -0.4 is 0 Å². The van der Waals surface area contributed by atoms with E-state index >= 15 is 0 Å². The Morgan fingerprint density at radius 1 is 1.47 bits per heavy atom. The number of carbonyl (C=O) groups excluding carboxylic acids is 1. The van der Waals surface area contributed by atoms with Gasteiger partial charge in [0.1, 0.15) is 0 Å². The third-order valence-corrected chi connectivity index (χ3v) is 4.09. The van der Waals surface area contributed by atoms with Gasteiger partial charge in [0.25, 0.3) is 0 Å². The monoisotopic (exact) mass is 288 g/mol. The highest BCUT2D eigenvalue weighted by atomic mass is 79.9. The number of nitriles is 1. The lowest BCUT2D eigenvalue weighted by Crippen LogP contribution is -2.21. The number of alkyl halides is 1. The molecule has 17 heavy (non-hydrogen) atoms. The lowest BCUT2D eigenvalue weighted by Gasteiger charge is -2.15. The molecule has 0 spiro atoms. The summed E-state index contributed by atoms with van der Waals surface area (Å²) in [6.07, 6.45) is 1.68. The molecule has 0 fully saturated rings. The number of aryl methyl sites for hydroxylation is 1. The summed E-state index contributed by atoms with van der Waals surface area (Å²) in [5.41, 5.74) is 3.32. The SMILES string of the molecule is N#Cc1ccc2[nH]c3c(c2c1)CCC(Br)C3=O. The van der Waals surface area contributed by atoms with Gasteiger partial charge >= 0.3 is 0 Å². The molecule has 3 rings (SSSR count). The first-order valence-electron chi connectivity index (χ1n) is 5.43. The normalized spacial score (nSPS) is 19.1. The summed E-state index contributed by atoms with van der Waals surface area (Å²) in [5.74, 6) is 0.112. The summed E-state index contributed by atoms with van der Waals surface area (Å²) < 4.78 is 0. The molecule has 0 aliphatic heterocycles. The number of ketones is 1. The minimum atomic E-state index is -0.0847. The fraction of sp³-hybridized carbons (Fsp3) is 0.231. The highest BCUT2D eigenvalue weighted by Crippen LogP contribution is 2.31. The Bertz CT molecular complexity index is 666. The molecule has 1 aromatic carbocycles. The van der Waals surface area contributed by atoms with E-state index in [4.69, 9.17) is 5.26 Å². The maximum Gasteiger partial charge on any atom is 0.192 e. The number of nitrogens with one attached hydrogen (secondary N) is 1. The standard InChI is InChI=1S/C13H9BrN2O/c14-10-3-2-8-9-5-7(6-15)1-4-11(9)16-12(8)13(10)17/h1,4-5,10,16H,2-3H2. The molecule has 0 amide bonds. The number of carbonyl (C=O) groups is 1. The number of benzene rings is 1. The molecule has 2 aromatic rings. The highest BCUT2D eigenvalue weighted by Gasteiger charge is 2.28. The van der Waals surface area contributed by atoms with E-state index in [0.717, 1.165) is 29.3 Å². The Kier molecular flexibility index (Phi) is 2.30. The number of fused-ring (bicyclic) bond motifs is 3. The number of nitrogens with zero attached hydrogens (tertiary/aromatic N) is 1. The molecule has 0 saturated heterocycles. The number of Topliss-reactive ketones (excluding diaryl/α,β-unsaturated/α-hetero) is 1. The van der Waals surface area contributed by atoms with Crippen molar-refractivity contribution < 1.29 is 4.79 Å². The average Bonchev–Trinajstić information content (AvgIpc) is 2.72. The minimum absolute atomic E-state index is 0.0847. The van der Waals surface area contributed by atoms with Gasteiger partial charge in [-0.3, -0.25) is 4.79 Å². The largest absolute Gasteiger partial charge is 0.352 e. The van der Waals surface area contributed by atoms with Crippen molar-refractivity contribution >= 4 is 32.6 Å². The van der Waals surface area contributed by atoms with Crippen LogP contribution in [0.1, 0.15) is 28.0 Å². The molecule has 1 aromatic heterocycles. The van der Waals surface area contributed by atoms with Gasteiger partial charge in [-0.1, -0.05) is 15.9 Å². The molecule has 1 heterocycles. The van der Waals surface area contributed by atoms with Gasteiger partial charge in [0.15, 0.2) is 5.78 Å². The van der Waals surface area contributed by atoms with Crippen LogP contribution in [0, 0.1) is 11.3 Å². The Morgan fingerprint density at radius 2 is 2.29 bits per heavy atom. The molecule has 1 aliphatic carbocycles. The minimum Gasteiger partial charge on any atom is -0.352 e. The van der Waals surface area contributed by atoms with Gasteiger partial charge in [0, 0.05) is 10.9 Å².